The number of hydrogen-bond donors (Lipinski definition) is 0. The molecule has 0 bridgehead atoms. The van der Waals surface area contributed by atoms with E-state index in [1.165, 1.54) is 0 Å². The zero-order chi connectivity index (χ0) is 12.7. The largest absolute Gasteiger partial charge is 1.00 e. The summed E-state index contributed by atoms with van der Waals surface area (Å²) < 4.78 is 5.10. The van der Waals surface area contributed by atoms with E-state index in [-0.39, 0.29) is 78.6 Å². The van der Waals surface area contributed by atoms with Crippen LogP contribution in [-0.2, 0) is 14.3 Å². The molecular formula is C11H15NNa2O5. The van der Waals surface area contributed by atoms with Crippen molar-refractivity contribution in [3.8, 4) is 0 Å². The average molecular weight is 287 g/mol. The fourth-order valence-corrected chi connectivity index (χ4v) is 1.61. The molecule has 0 amide bonds. The van der Waals surface area contributed by atoms with Crippen molar-refractivity contribution >= 4 is 11.9 Å². The molecule has 0 fully saturated rings. The van der Waals surface area contributed by atoms with Crippen molar-refractivity contribution in [3.05, 3.63) is 11.8 Å². The fraction of sp³-hybridized carbons (Fsp3) is 0.636. The van der Waals surface area contributed by atoms with Crippen LogP contribution < -0.4 is 69.3 Å². The fourth-order valence-electron chi connectivity index (χ4n) is 1.61. The van der Waals surface area contributed by atoms with Gasteiger partial charge in [-0.15, -0.1) is 0 Å². The number of carboxylic acids is 2. The van der Waals surface area contributed by atoms with Gasteiger partial charge in [0.1, 0.15) is 0 Å². The van der Waals surface area contributed by atoms with Crippen LogP contribution in [-0.4, -0.2) is 43.1 Å². The SMILES string of the molecule is O=C([O-])CCOCCN1C=C(CC(=O)[O-])CC1.[Na+].[Na+]. The molecule has 0 radical (unpaired) electrons. The molecule has 0 spiro atoms. The number of hydrogen-bond acceptors (Lipinski definition) is 6. The van der Waals surface area contributed by atoms with Crippen molar-refractivity contribution in [3.63, 3.8) is 0 Å². The second-order valence-electron chi connectivity index (χ2n) is 3.86. The van der Waals surface area contributed by atoms with Crippen LogP contribution in [0.15, 0.2) is 11.8 Å². The first-order chi connectivity index (χ1) is 8.08. The van der Waals surface area contributed by atoms with Crippen LogP contribution >= 0.6 is 0 Å². The Balaban J connectivity index is 0. The summed E-state index contributed by atoms with van der Waals surface area (Å²) in [4.78, 5) is 22.4. The van der Waals surface area contributed by atoms with Crippen molar-refractivity contribution < 1.29 is 83.7 Å². The average Bonchev–Trinajstić information content (AvgIpc) is 2.63. The van der Waals surface area contributed by atoms with Crippen LogP contribution in [0.1, 0.15) is 19.3 Å². The normalized spacial score (nSPS) is 13.3. The number of carbonyl (C=O) groups excluding carboxylic acids is 2. The minimum atomic E-state index is -1.12. The Morgan fingerprint density at radius 1 is 1.21 bits per heavy atom. The predicted octanol–water partition coefficient (Wildman–Crippen LogP) is -8.12. The molecule has 1 aliphatic heterocycles. The Hall–Kier alpha value is 0.440. The maximum absolute atomic E-state index is 10.4. The van der Waals surface area contributed by atoms with Crippen molar-refractivity contribution in [1.29, 1.82) is 0 Å². The van der Waals surface area contributed by atoms with E-state index >= 15 is 0 Å². The minimum Gasteiger partial charge on any atom is -0.550 e. The van der Waals surface area contributed by atoms with Gasteiger partial charge < -0.3 is 29.4 Å². The molecule has 0 saturated heterocycles. The van der Waals surface area contributed by atoms with Gasteiger partial charge >= 0.3 is 59.1 Å². The third-order valence-corrected chi connectivity index (χ3v) is 2.43. The van der Waals surface area contributed by atoms with Gasteiger partial charge in [-0.3, -0.25) is 0 Å². The third kappa shape index (κ3) is 10.8. The molecule has 0 aromatic carbocycles. The van der Waals surface area contributed by atoms with Crippen LogP contribution in [0.5, 0.6) is 0 Å². The van der Waals surface area contributed by atoms with Gasteiger partial charge in [0.2, 0.25) is 0 Å². The molecule has 0 N–H and O–H groups in total. The van der Waals surface area contributed by atoms with E-state index in [4.69, 9.17) is 4.74 Å². The number of carbonyl (C=O) groups is 2. The van der Waals surface area contributed by atoms with Crippen molar-refractivity contribution in [2.45, 2.75) is 19.3 Å². The van der Waals surface area contributed by atoms with Crippen LogP contribution in [0, 0.1) is 0 Å². The van der Waals surface area contributed by atoms with Gasteiger partial charge in [0.05, 0.1) is 13.2 Å². The zero-order valence-corrected chi connectivity index (χ0v) is 15.5. The minimum absolute atomic E-state index is 0. The summed E-state index contributed by atoms with van der Waals surface area (Å²) in [6.07, 6.45) is 2.40. The molecule has 0 atom stereocenters. The Labute approximate surface area is 156 Å². The molecule has 19 heavy (non-hydrogen) atoms. The summed E-state index contributed by atoms with van der Waals surface area (Å²) in [6.45, 7) is 1.96. The number of nitrogens with zero attached hydrogens (tertiary/aromatic N) is 1. The van der Waals surface area contributed by atoms with E-state index < -0.39 is 11.9 Å². The third-order valence-electron chi connectivity index (χ3n) is 2.43. The van der Waals surface area contributed by atoms with Crippen molar-refractivity contribution in [2.75, 3.05) is 26.3 Å². The summed E-state index contributed by atoms with van der Waals surface area (Å²) in [5.41, 5.74) is 0.847. The van der Waals surface area contributed by atoms with Crippen LogP contribution in [0.2, 0.25) is 0 Å². The van der Waals surface area contributed by atoms with Crippen LogP contribution in [0.4, 0.5) is 0 Å². The Morgan fingerprint density at radius 2 is 1.89 bits per heavy atom. The topological polar surface area (TPSA) is 92.7 Å². The van der Waals surface area contributed by atoms with Crippen molar-refractivity contribution in [1.82, 2.24) is 4.90 Å². The Kier molecular flexibility index (Phi) is 14.0. The molecule has 0 aromatic heterocycles. The van der Waals surface area contributed by atoms with Gasteiger partial charge in [-0.1, -0.05) is 0 Å². The van der Waals surface area contributed by atoms with Gasteiger partial charge in [-0.25, -0.2) is 0 Å². The first kappa shape index (κ1) is 21.7. The number of carboxylic acid groups (broad SMARTS) is 2. The molecule has 1 heterocycles. The molecule has 0 unspecified atom stereocenters. The Morgan fingerprint density at radius 3 is 2.47 bits per heavy atom. The van der Waals surface area contributed by atoms with E-state index in [0.717, 1.165) is 18.5 Å². The van der Waals surface area contributed by atoms with Crippen LogP contribution in [0.3, 0.4) is 0 Å². The molecule has 96 valence electrons. The standard InChI is InChI=1S/C11H17NO5.2Na/c13-10(14)2-5-17-6-4-12-3-1-9(8-12)7-11(15)16;;/h8H,1-7H2,(H,13,14)(H,15,16);;/q;2*+1/p-2. The summed E-state index contributed by atoms with van der Waals surface area (Å²) in [5.74, 6) is -2.19. The maximum Gasteiger partial charge on any atom is 1.00 e. The van der Waals surface area contributed by atoms with E-state index in [9.17, 15) is 19.8 Å². The van der Waals surface area contributed by atoms with Gasteiger partial charge in [0.15, 0.2) is 0 Å². The van der Waals surface area contributed by atoms with E-state index in [1.807, 2.05) is 4.90 Å². The van der Waals surface area contributed by atoms with Gasteiger partial charge in [-0.2, -0.15) is 0 Å². The maximum atomic E-state index is 10.4. The first-order valence-electron chi connectivity index (χ1n) is 5.49. The molecule has 0 saturated carbocycles. The smallest absolute Gasteiger partial charge is 0.550 e. The summed E-state index contributed by atoms with van der Waals surface area (Å²) in [6, 6.07) is 0. The van der Waals surface area contributed by atoms with Gasteiger partial charge in [-0.05, 0) is 18.2 Å². The molecule has 0 aliphatic carbocycles. The molecule has 1 aliphatic rings. The first-order valence-corrected chi connectivity index (χ1v) is 5.49. The summed E-state index contributed by atoms with van der Waals surface area (Å²) >= 11 is 0. The van der Waals surface area contributed by atoms with Crippen LogP contribution in [0.25, 0.3) is 0 Å². The molecule has 6 nitrogen and oxygen atoms in total. The van der Waals surface area contributed by atoms with E-state index in [2.05, 4.69) is 0 Å². The monoisotopic (exact) mass is 287 g/mol. The predicted molar refractivity (Wildman–Crippen MR) is 54.3 cm³/mol. The molecule has 0 aromatic rings. The zero-order valence-electron chi connectivity index (χ0n) is 11.5. The van der Waals surface area contributed by atoms with Gasteiger partial charge in [0.25, 0.3) is 0 Å². The second-order valence-corrected chi connectivity index (χ2v) is 3.86. The summed E-state index contributed by atoms with van der Waals surface area (Å²) in [5, 5.41) is 20.5. The second kappa shape index (κ2) is 12.2. The van der Waals surface area contributed by atoms with Gasteiger partial charge in [0, 0.05) is 37.9 Å². The van der Waals surface area contributed by atoms with Crippen molar-refractivity contribution in [2.24, 2.45) is 0 Å². The number of rotatable bonds is 8. The molecule has 1 rings (SSSR count). The molecule has 8 heteroatoms. The van der Waals surface area contributed by atoms with E-state index in [0.29, 0.717) is 13.2 Å². The number of ether oxygens (including phenoxy) is 1. The summed E-state index contributed by atoms with van der Waals surface area (Å²) in [7, 11) is 0. The quantitative estimate of drug-likeness (QED) is 0.325. The Bertz CT molecular complexity index is 322. The van der Waals surface area contributed by atoms with E-state index in [1.54, 1.807) is 6.20 Å². The molecular weight excluding hydrogens is 272 g/mol. The number of aliphatic carboxylic acids is 2.